The van der Waals surface area contributed by atoms with Crippen LogP contribution in [0, 0.1) is 5.92 Å². The number of benzene rings is 1. The normalized spacial score (nSPS) is 14.2. The minimum absolute atomic E-state index is 0.147. The molecular formula is C16H24O3. The third kappa shape index (κ3) is 5.03. The highest BCUT2D eigenvalue weighted by atomic mass is 16.6. The van der Waals surface area contributed by atoms with Gasteiger partial charge in [0.25, 0.3) is 0 Å². The lowest BCUT2D eigenvalue weighted by atomic mass is 9.97. The third-order valence-electron chi connectivity index (χ3n) is 3.05. The van der Waals surface area contributed by atoms with Gasteiger partial charge in [-0.25, -0.2) is 0 Å². The molecule has 2 atom stereocenters. The van der Waals surface area contributed by atoms with Crippen LogP contribution in [0.4, 0.5) is 0 Å². The molecule has 19 heavy (non-hydrogen) atoms. The Labute approximate surface area is 115 Å². The molecule has 0 fully saturated rings. The van der Waals surface area contributed by atoms with E-state index < -0.39 is 6.10 Å². The first-order chi connectivity index (χ1) is 8.93. The van der Waals surface area contributed by atoms with E-state index in [1.165, 1.54) is 5.56 Å². The van der Waals surface area contributed by atoms with Crippen molar-refractivity contribution >= 4 is 5.97 Å². The van der Waals surface area contributed by atoms with E-state index in [1.807, 2.05) is 19.1 Å². The van der Waals surface area contributed by atoms with Gasteiger partial charge < -0.3 is 9.84 Å². The summed E-state index contributed by atoms with van der Waals surface area (Å²) in [5.74, 6) is 0.0268. The first kappa shape index (κ1) is 15.7. The van der Waals surface area contributed by atoms with Crippen LogP contribution in [0.1, 0.15) is 44.7 Å². The van der Waals surface area contributed by atoms with E-state index in [0.29, 0.717) is 5.92 Å². The summed E-state index contributed by atoms with van der Waals surface area (Å²) in [6.45, 7) is 7.72. The summed E-state index contributed by atoms with van der Waals surface area (Å²) in [5, 5.41) is 8.88. The van der Waals surface area contributed by atoms with Crippen molar-refractivity contribution in [3.63, 3.8) is 0 Å². The van der Waals surface area contributed by atoms with E-state index in [0.717, 1.165) is 12.0 Å². The molecule has 0 spiro atoms. The Morgan fingerprint density at radius 1 is 1.16 bits per heavy atom. The lowest BCUT2D eigenvalue weighted by molar-refractivity contribution is -0.151. The highest BCUT2D eigenvalue weighted by Gasteiger charge is 2.18. The molecule has 0 amide bonds. The van der Waals surface area contributed by atoms with Gasteiger partial charge in [-0.05, 0) is 37.3 Å². The van der Waals surface area contributed by atoms with Crippen LogP contribution in [0.25, 0.3) is 0 Å². The Morgan fingerprint density at radius 2 is 1.74 bits per heavy atom. The molecule has 2 unspecified atom stereocenters. The van der Waals surface area contributed by atoms with Gasteiger partial charge in [-0.3, -0.25) is 4.79 Å². The molecule has 3 heteroatoms. The van der Waals surface area contributed by atoms with E-state index in [9.17, 15) is 4.79 Å². The van der Waals surface area contributed by atoms with Crippen molar-refractivity contribution in [1.82, 2.24) is 0 Å². The Bertz CT molecular complexity index is 395. The summed E-state index contributed by atoms with van der Waals surface area (Å²) in [4.78, 5) is 11.8. The Balaban J connectivity index is 2.66. The van der Waals surface area contributed by atoms with Crippen LogP contribution >= 0.6 is 0 Å². The van der Waals surface area contributed by atoms with Gasteiger partial charge in [0.05, 0.1) is 12.5 Å². The molecule has 1 aromatic carbocycles. The zero-order valence-electron chi connectivity index (χ0n) is 12.2. The first-order valence-electron chi connectivity index (χ1n) is 6.84. The summed E-state index contributed by atoms with van der Waals surface area (Å²) in [7, 11) is 0. The van der Waals surface area contributed by atoms with Gasteiger partial charge in [-0.1, -0.05) is 38.1 Å². The van der Waals surface area contributed by atoms with Crippen LogP contribution in [0.3, 0.4) is 0 Å². The van der Waals surface area contributed by atoms with Crippen molar-refractivity contribution < 1.29 is 14.6 Å². The number of aliphatic hydroxyl groups is 1. The number of carbonyl (C=O) groups excluding carboxylic acids is 1. The van der Waals surface area contributed by atoms with E-state index in [4.69, 9.17) is 9.84 Å². The first-order valence-corrected chi connectivity index (χ1v) is 6.84. The molecule has 0 saturated heterocycles. The molecule has 0 aromatic heterocycles. The van der Waals surface area contributed by atoms with Gasteiger partial charge in [0.1, 0.15) is 6.10 Å². The number of esters is 1. The second kappa shape index (κ2) is 7.29. The fourth-order valence-electron chi connectivity index (χ4n) is 1.89. The molecule has 1 N–H and O–H groups in total. The molecule has 0 bridgehead atoms. The highest BCUT2D eigenvalue weighted by molar-refractivity contribution is 5.77. The average Bonchev–Trinajstić information content (AvgIpc) is 2.37. The molecule has 0 aliphatic heterocycles. The summed E-state index contributed by atoms with van der Waals surface area (Å²) in [6, 6.07) is 8.09. The Hall–Kier alpha value is -1.35. The van der Waals surface area contributed by atoms with E-state index in [2.05, 4.69) is 26.0 Å². The number of rotatable bonds is 6. The molecular weight excluding hydrogens is 240 g/mol. The predicted octanol–water partition coefficient (Wildman–Crippen LogP) is 2.91. The minimum Gasteiger partial charge on any atom is -0.460 e. The molecule has 1 aromatic rings. The summed E-state index contributed by atoms with van der Waals surface area (Å²) >= 11 is 0. The van der Waals surface area contributed by atoms with Gasteiger partial charge in [0, 0.05) is 0 Å². The maximum Gasteiger partial charge on any atom is 0.313 e. The van der Waals surface area contributed by atoms with Crippen LogP contribution in [-0.4, -0.2) is 23.8 Å². The fourth-order valence-corrected chi connectivity index (χ4v) is 1.89. The van der Waals surface area contributed by atoms with E-state index in [1.54, 1.807) is 6.92 Å². The topological polar surface area (TPSA) is 46.5 Å². The van der Waals surface area contributed by atoms with Gasteiger partial charge >= 0.3 is 5.97 Å². The minimum atomic E-state index is -0.449. The van der Waals surface area contributed by atoms with Gasteiger partial charge in [0.15, 0.2) is 0 Å². The number of aliphatic hydroxyl groups excluding tert-OH is 1. The van der Waals surface area contributed by atoms with Crippen LogP contribution in [0.5, 0.6) is 0 Å². The highest BCUT2D eigenvalue weighted by Crippen LogP contribution is 2.19. The van der Waals surface area contributed by atoms with Crippen molar-refractivity contribution in [2.45, 2.75) is 46.1 Å². The van der Waals surface area contributed by atoms with Gasteiger partial charge in [0.2, 0.25) is 0 Å². The number of ether oxygens (including phenoxy) is 1. The number of hydrogen-bond donors (Lipinski definition) is 1. The Morgan fingerprint density at radius 3 is 2.21 bits per heavy atom. The second-order valence-corrected chi connectivity index (χ2v) is 5.49. The third-order valence-corrected chi connectivity index (χ3v) is 3.05. The molecule has 1 rings (SSSR count). The van der Waals surface area contributed by atoms with Crippen molar-refractivity contribution in [3.8, 4) is 0 Å². The predicted molar refractivity (Wildman–Crippen MR) is 76.0 cm³/mol. The quantitative estimate of drug-likeness (QED) is 0.804. The average molecular weight is 264 g/mol. The van der Waals surface area contributed by atoms with Crippen molar-refractivity contribution in [3.05, 3.63) is 35.4 Å². The second-order valence-electron chi connectivity index (χ2n) is 5.49. The molecule has 0 heterocycles. The van der Waals surface area contributed by atoms with Crippen LogP contribution < -0.4 is 0 Å². The van der Waals surface area contributed by atoms with Crippen LogP contribution in [0.2, 0.25) is 0 Å². The molecule has 106 valence electrons. The molecule has 0 radical (unpaired) electrons. The molecule has 0 aliphatic carbocycles. The maximum atomic E-state index is 11.8. The summed E-state index contributed by atoms with van der Waals surface area (Å²) in [5.41, 5.74) is 2.23. The maximum absolute atomic E-state index is 11.8. The smallest absolute Gasteiger partial charge is 0.313 e. The number of hydrogen-bond acceptors (Lipinski definition) is 3. The van der Waals surface area contributed by atoms with E-state index in [-0.39, 0.29) is 18.5 Å². The monoisotopic (exact) mass is 264 g/mol. The zero-order chi connectivity index (χ0) is 14.4. The SMILES string of the molecule is CC(C)Cc1ccc(C(C)C(=O)OC(C)CO)cc1. The Kier molecular flexibility index (Phi) is 6.03. The molecule has 3 nitrogen and oxygen atoms in total. The lowest BCUT2D eigenvalue weighted by Gasteiger charge is -2.16. The van der Waals surface area contributed by atoms with Crippen molar-refractivity contribution in [1.29, 1.82) is 0 Å². The van der Waals surface area contributed by atoms with E-state index >= 15 is 0 Å². The van der Waals surface area contributed by atoms with Crippen LogP contribution in [0.15, 0.2) is 24.3 Å². The van der Waals surface area contributed by atoms with Crippen molar-refractivity contribution in [2.24, 2.45) is 5.92 Å². The van der Waals surface area contributed by atoms with Crippen molar-refractivity contribution in [2.75, 3.05) is 6.61 Å². The largest absolute Gasteiger partial charge is 0.460 e. The summed E-state index contributed by atoms with van der Waals surface area (Å²) in [6.07, 6.45) is 0.593. The lowest BCUT2D eigenvalue weighted by Crippen LogP contribution is -2.22. The van der Waals surface area contributed by atoms with Crippen LogP contribution in [-0.2, 0) is 16.0 Å². The standard InChI is InChI=1S/C16H24O3/c1-11(2)9-14-5-7-15(8-6-14)13(4)16(18)19-12(3)10-17/h5-8,11-13,17H,9-10H2,1-4H3. The fraction of sp³-hybridized carbons (Fsp3) is 0.562. The van der Waals surface area contributed by atoms with Gasteiger partial charge in [-0.15, -0.1) is 0 Å². The zero-order valence-corrected chi connectivity index (χ0v) is 12.2. The summed E-state index contributed by atoms with van der Waals surface area (Å²) < 4.78 is 5.12. The number of carbonyl (C=O) groups is 1. The molecule has 0 aliphatic rings. The van der Waals surface area contributed by atoms with Gasteiger partial charge in [-0.2, -0.15) is 0 Å². The molecule has 0 saturated carbocycles.